The van der Waals surface area contributed by atoms with Gasteiger partial charge >= 0.3 is 0 Å². The van der Waals surface area contributed by atoms with Crippen LogP contribution in [0.2, 0.25) is 0 Å². The number of hydrogen-bond acceptors (Lipinski definition) is 5. The molecule has 1 atom stereocenters. The number of rotatable bonds is 4. The fraction of sp³-hybridized carbons (Fsp3) is 0.500. The SMILES string of the molecule is Cc1csc(C(C)NCC(N)=NO)n1. The summed E-state index contributed by atoms with van der Waals surface area (Å²) in [6.07, 6.45) is 0. The molecular weight excluding hydrogens is 200 g/mol. The highest BCUT2D eigenvalue weighted by Gasteiger charge is 2.08. The maximum absolute atomic E-state index is 8.33. The van der Waals surface area contributed by atoms with Crippen molar-refractivity contribution in [1.29, 1.82) is 0 Å². The highest BCUT2D eigenvalue weighted by atomic mass is 32.1. The van der Waals surface area contributed by atoms with E-state index in [1.165, 1.54) is 0 Å². The Labute approximate surface area is 86.6 Å². The van der Waals surface area contributed by atoms with Crippen LogP contribution in [0.5, 0.6) is 0 Å². The van der Waals surface area contributed by atoms with E-state index < -0.39 is 0 Å². The van der Waals surface area contributed by atoms with Gasteiger partial charge in [-0.3, -0.25) is 0 Å². The summed E-state index contributed by atoms with van der Waals surface area (Å²) in [6.45, 7) is 4.30. The lowest BCUT2D eigenvalue weighted by atomic mass is 10.3. The van der Waals surface area contributed by atoms with Gasteiger partial charge in [-0.25, -0.2) is 4.98 Å². The molecule has 0 saturated heterocycles. The van der Waals surface area contributed by atoms with E-state index in [0.717, 1.165) is 10.7 Å². The molecule has 0 fully saturated rings. The van der Waals surface area contributed by atoms with Gasteiger partial charge in [-0.05, 0) is 13.8 Å². The zero-order valence-corrected chi connectivity index (χ0v) is 9.01. The molecule has 78 valence electrons. The molecule has 1 heterocycles. The Bertz CT molecular complexity index is 323. The lowest BCUT2D eigenvalue weighted by Crippen LogP contribution is -2.30. The molecule has 0 amide bonds. The van der Waals surface area contributed by atoms with Crippen LogP contribution in [-0.2, 0) is 0 Å². The van der Waals surface area contributed by atoms with E-state index in [1.54, 1.807) is 11.3 Å². The van der Waals surface area contributed by atoms with Gasteiger partial charge in [0.1, 0.15) is 5.01 Å². The van der Waals surface area contributed by atoms with Crippen LogP contribution in [0.1, 0.15) is 23.7 Å². The Balaban J connectivity index is 2.47. The fourth-order valence-electron chi connectivity index (χ4n) is 0.951. The average molecular weight is 214 g/mol. The minimum absolute atomic E-state index is 0.119. The topological polar surface area (TPSA) is 83.5 Å². The minimum Gasteiger partial charge on any atom is -0.409 e. The molecule has 4 N–H and O–H groups in total. The van der Waals surface area contributed by atoms with Crippen molar-refractivity contribution in [2.45, 2.75) is 19.9 Å². The first-order chi connectivity index (χ1) is 6.63. The van der Waals surface area contributed by atoms with Gasteiger partial charge in [0, 0.05) is 11.1 Å². The van der Waals surface area contributed by atoms with Crippen molar-refractivity contribution in [2.24, 2.45) is 10.9 Å². The number of amidine groups is 1. The molecule has 0 aromatic carbocycles. The largest absolute Gasteiger partial charge is 0.409 e. The summed E-state index contributed by atoms with van der Waals surface area (Å²) in [6, 6.07) is 0.119. The van der Waals surface area contributed by atoms with Crippen LogP contribution < -0.4 is 11.1 Å². The number of aromatic nitrogens is 1. The molecule has 0 aliphatic heterocycles. The normalized spacial score (nSPS) is 14.3. The second-order valence-corrected chi connectivity index (χ2v) is 3.91. The Kier molecular flexibility index (Phi) is 3.84. The van der Waals surface area contributed by atoms with E-state index in [9.17, 15) is 0 Å². The van der Waals surface area contributed by atoms with Crippen LogP contribution in [0, 0.1) is 6.92 Å². The number of nitrogens with two attached hydrogens (primary N) is 1. The van der Waals surface area contributed by atoms with Crippen molar-refractivity contribution < 1.29 is 5.21 Å². The summed E-state index contributed by atoms with van der Waals surface area (Å²) in [5.74, 6) is 0.171. The van der Waals surface area contributed by atoms with E-state index in [4.69, 9.17) is 10.9 Å². The Morgan fingerprint density at radius 2 is 2.57 bits per heavy atom. The molecule has 0 aliphatic rings. The van der Waals surface area contributed by atoms with E-state index in [1.807, 2.05) is 19.2 Å². The monoisotopic (exact) mass is 214 g/mol. The van der Waals surface area contributed by atoms with Crippen LogP contribution in [0.3, 0.4) is 0 Å². The molecule has 14 heavy (non-hydrogen) atoms. The summed E-state index contributed by atoms with van der Waals surface area (Å²) in [7, 11) is 0. The second kappa shape index (κ2) is 4.92. The van der Waals surface area contributed by atoms with Crippen molar-refractivity contribution in [3.05, 3.63) is 16.1 Å². The Morgan fingerprint density at radius 3 is 3.07 bits per heavy atom. The molecule has 0 aliphatic carbocycles. The minimum atomic E-state index is 0.119. The molecule has 0 bridgehead atoms. The quantitative estimate of drug-likeness (QED) is 0.300. The molecule has 1 aromatic heterocycles. The highest BCUT2D eigenvalue weighted by Crippen LogP contribution is 2.16. The van der Waals surface area contributed by atoms with Gasteiger partial charge in [-0.1, -0.05) is 5.16 Å². The van der Waals surface area contributed by atoms with E-state index >= 15 is 0 Å². The first-order valence-corrected chi connectivity index (χ1v) is 5.13. The molecule has 1 unspecified atom stereocenters. The Hall–Kier alpha value is -1.14. The standard InChI is InChI=1S/C8H14N4OS/c1-5-4-14-8(11-5)6(2)10-3-7(9)12-13/h4,6,10,13H,3H2,1-2H3,(H2,9,12). The number of nitrogens with one attached hydrogen (secondary N) is 1. The molecule has 1 rings (SSSR count). The summed E-state index contributed by atoms with van der Waals surface area (Å²) in [5, 5.41) is 17.3. The van der Waals surface area contributed by atoms with Crippen LogP contribution in [-0.4, -0.2) is 22.6 Å². The zero-order chi connectivity index (χ0) is 10.6. The van der Waals surface area contributed by atoms with Crippen LogP contribution >= 0.6 is 11.3 Å². The molecule has 0 saturated carbocycles. The van der Waals surface area contributed by atoms with Crippen molar-refractivity contribution in [3.8, 4) is 0 Å². The molecule has 5 nitrogen and oxygen atoms in total. The van der Waals surface area contributed by atoms with Crippen molar-refractivity contribution >= 4 is 17.2 Å². The predicted molar refractivity (Wildman–Crippen MR) is 56.7 cm³/mol. The van der Waals surface area contributed by atoms with Crippen LogP contribution in [0.25, 0.3) is 0 Å². The molecule has 6 heteroatoms. The number of aryl methyl sites for hydroxylation is 1. The number of hydrogen-bond donors (Lipinski definition) is 3. The van der Waals surface area contributed by atoms with Gasteiger partial charge < -0.3 is 16.3 Å². The zero-order valence-electron chi connectivity index (χ0n) is 8.19. The van der Waals surface area contributed by atoms with Crippen molar-refractivity contribution in [1.82, 2.24) is 10.3 Å². The molecule has 1 aromatic rings. The summed E-state index contributed by atoms with van der Waals surface area (Å²) in [4.78, 5) is 4.33. The van der Waals surface area contributed by atoms with Crippen LogP contribution in [0.15, 0.2) is 10.5 Å². The number of nitrogens with zero attached hydrogens (tertiary/aromatic N) is 2. The summed E-state index contributed by atoms with van der Waals surface area (Å²) >= 11 is 1.60. The average Bonchev–Trinajstić information content (AvgIpc) is 2.60. The second-order valence-electron chi connectivity index (χ2n) is 3.02. The highest BCUT2D eigenvalue weighted by molar-refractivity contribution is 7.09. The van der Waals surface area contributed by atoms with Gasteiger partial charge in [0.25, 0.3) is 0 Å². The van der Waals surface area contributed by atoms with Crippen molar-refractivity contribution in [3.63, 3.8) is 0 Å². The number of thiazole rings is 1. The third kappa shape index (κ3) is 2.97. The summed E-state index contributed by atoms with van der Waals surface area (Å²) < 4.78 is 0. The summed E-state index contributed by atoms with van der Waals surface area (Å²) in [5.41, 5.74) is 6.34. The van der Waals surface area contributed by atoms with Crippen molar-refractivity contribution in [2.75, 3.05) is 6.54 Å². The lowest BCUT2D eigenvalue weighted by molar-refractivity contribution is 0.316. The predicted octanol–water partition coefficient (Wildman–Crippen LogP) is 0.849. The third-order valence-electron chi connectivity index (χ3n) is 1.73. The van der Waals surface area contributed by atoms with E-state index in [-0.39, 0.29) is 11.9 Å². The van der Waals surface area contributed by atoms with Crippen LogP contribution in [0.4, 0.5) is 0 Å². The fourth-order valence-corrected chi connectivity index (χ4v) is 1.78. The maximum atomic E-state index is 8.33. The van der Waals surface area contributed by atoms with E-state index in [2.05, 4.69) is 15.5 Å². The van der Waals surface area contributed by atoms with Gasteiger partial charge in [0.05, 0.1) is 12.6 Å². The molecular formula is C8H14N4OS. The number of oxime groups is 1. The lowest BCUT2D eigenvalue weighted by Gasteiger charge is -2.09. The molecule has 0 radical (unpaired) electrons. The smallest absolute Gasteiger partial charge is 0.153 e. The van der Waals surface area contributed by atoms with Gasteiger partial charge in [-0.15, -0.1) is 11.3 Å². The van der Waals surface area contributed by atoms with E-state index in [0.29, 0.717) is 6.54 Å². The first kappa shape index (κ1) is 10.9. The Morgan fingerprint density at radius 1 is 1.86 bits per heavy atom. The molecule has 0 spiro atoms. The first-order valence-electron chi connectivity index (χ1n) is 4.25. The maximum Gasteiger partial charge on any atom is 0.153 e. The van der Waals surface area contributed by atoms with Gasteiger partial charge in [0.2, 0.25) is 0 Å². The van der Waals surface area contributed by atoms with Gasteiger partial charge in [0.15, 0.2) is 5.84 Å². The third-order valence-corrected chi connectivity index (χ3v) is 2.87. The van der Waals surface area contributed by atoms with Gasteiger partial charge in [-0.2, -0.15) is 0 Å².